The van der Waals surface area contributed by atoms with Crippen LogP contribution in [-0.4, -0.2) is 31.7 Å². The third-order valence-corrected chi connectivity index (χ3v) is 16.5. The molecule has 50 heavy (non-hydrogen) atoms. The first-order valence-corrected chi connectivity index (χ1v) is 23.6. The van der Waals surface area contributed by atoms with Gasteiger partial charge in [0.1, 0.15) is 13.2 Å². The van der Waals surface area contributed by atoms with Crippen molar-refractivity contribution in [3.05, 3.63) is 53.1 Å². The summed E-state index contributed by atoms with van der Waals surface area (Å²) < 4.78 is 11.6. The Hall–Kier alpha value is -2.18. The number of carbonyl (C=O) groups excluding carboxylic acids is 2. The number of hydrogen-bond acceptors (Lipinski definition) is 5. The van der Waals surface area contributed by atoms with Crippen molar-refractivity contribution in [2.75, 3.05) is 6.61 Å². The maximum absolute atomic E-state index is 12.5. The molecule has 1 aromatic carbocycles. The van der Waals surface area contributed by atoms with Crippen LogP contribution in [0.25, 0.3) is 0 Å². The number of hydrogen-bond donors (Lipinski definition) is 1. The lowest BCUT2D eigenvalue weighted by molar-refractivity contribution is -0.140. The number of unbranched alkanes of at least 4 members (excludes halogenated alkanes) is 2. The molecule has 3 saturated carbocycles. The molecular formula is C44H70O5Si. The highest BCUT2D eigenvalue weighted by Gasteiger charge is 2.36. The predicted molar refractivity (Wildman–Crippen MR) is 209 cm³/mol. The molecule has 3 aliphatic carbocycles. The Morgan fingerprint density at radius 1 is 0.720 bits per heavy atom. The summed E-state index contributed by atoms with van der Waals surface area (Å²) in [5.74, 6) is 4.33. The van der Waals surface area contributed by atoms with Gasteiger partial charge in [0.25, 0.3) is 0 Å². The summed E-state index contributed by atoms with van der Waals surface area (Å²) in [5, 5.41) is 10.9. The lowest BCUT2D eigenvalue weighted by atomic mass is 9.64. The first-order chi connectivity index (χ1) is 23.9. The molecule has 0 radical (unpaired) electrons. The maximum atomic E-state index is 12.5. The Labute approximate surface area is 306 Å². The molecule has 0 heterocycles. The van der Waals surface area contributed by atoms with Crippen molar-refractivity contribution < 1.29 is 24.2 Å². The first kappa shape index (κ1) is 40.6. The third kappa shape index (κ3) is 11.4. The highest BCUT2D eigenvalue weighted by atomic mass is 28.3. The summed E-state index contributed by atoms with van der Waals surface area (Å²) in [6.07, 6.45) is 23.0. The molecule has 0 atom stereocenters. The Kier molecular flexibility index (Phi) is 15.9. The highest BCUT2D eigenvalue weighted by Crippen LogP contribution is 2.47. The van der Waals surface area contributed by atoms with Gasteiger partial charge in [0.15, 0.2) is 0 Å². The predicted octanol–water partition coefficient (Wildman–Crippen LogP) is 10.7. The summed E-state index contributed by atoms with van der Waals surface area (Å²) in [7, 11) is -2.11. The molecule has 0 unspecified atom stereocenters. The molecule has 0 amide bonds. The molecular weight excluding hydrogens is 637 g/mol. The Bertz CT molecular complexity index is 1220. The first-order valence-electron chi connectivity index (χ1n) is 20.4. The van der Waals surface area contributed by atoms with Gasteiger partial charge in [0.2, 0.25) is 0 Å². The average Bonchev–Trinajstić information content (AvgIpc) is 3.12. The molecule has 0 aromatic heterocycles. The van der Waals surface area contributed by atoms with Gasteiger partial charge in [-0.05, 0) is 142 Å². The van der Waals surface area contributed by atoms with Crippen LogP contribution in [0.15, 0.2) is 36.4 Å². The van der Waals surface area contributed by atoms with Gasteiger partial charge >= 0.3 is 11.9 Å². The second-order valence-corrected chi connectivity index (χ2v) is 22.0. The van der Waals surface area contributed by atoms with Crippen molar-refractivity contribution in [3.63, 3.8) is 0 Å². The zero-order valence-corrected chi connectivity index (χ0v) is 33.5. The molecule has 5 nitrogen and oxygen atoms in total. The van der Waals surface area contributed by atoms with Crippen molar-refractivity contribution >= 4 is 25.2 Å². The van der Waals surface area contributed by atoms with Gasteiger partial charge in [-0.3, -0.25) is 0 Å². The summed E-state index contributed by atoms with van der Waals surface area (Å²) in [5.41, 5.74) is 4.07. The fourth-order valence-electron chi connectivity index (χ4n) is 9.95. The van der Waals surface area contributed by atoms with E-state index in [4.69, 9.17) is 9.47 Å². The van der Waals surface area contributed by atoms with Crippen LogP contribution in [0.1, 0.15) is 153 Å². The number of carbonyl (C=O) groups is 2. The van der Waals surface area contributed by atoms with Crippen LogP contribution >= 0.6 is 0 Å². The normalized spacial score (nSPS) is 25.9. The standard InChI is InChI=1S/C44H70O5Si/c1-8-9-10-12-33-13-15-34(16-14-33)35-17-19-36(20-18-35)37-21-23-38(24-22-37)39-27-40(29-48-43(46)31(2)3)42(50(6,7)26-11-25-45)41(28-39)30-49-44(47)32(4)5/h27-28,33-38,45H,2,4,8-26,29-30H2,1,3,5-7H3. The Balaban J connectivity index is 1.43. The molecule has 1 N–H and O–H groups in total. The van der Waals surface area contributed by atoms with Crippen LogP contribution in [0.4, 0.5) is 0 Å². The molecule has 3 fully saturated rings. The van der Waals surface area contributed by atoms with Crippen LogP contribution in [0.5, 0.6) is 0 Å². The minimum atomic E-state index is -2.11. The SMILES string of the molecule is C=C(C)C(=O)OCc1cc(C2CCC(C3CCC(C4CCC(CCCCC)CC4)CC3)CC2)cc(COC(=O)C(=C)C)c1[Si](C)(C)CCCO. The molecule has 0 bridgehead atoms. The van der Waals surface area contributed by atoms with E-state index in [2.05, 4.69) is 45.3 Å². The van der Waals surface area contributed by atoms with E-state index in [9.17, 15) is 14.7 Å². The Morgan fingerprint density at radius 2 is 1.16 bits per heavy atom. The van der Waals surface area contributed by atoms with Gasteiger partial charge in [-0.2, -0.15) is 0 Å². The molecule has 6 heteroatoms. The fraction of sp³-hybridized carbons (Fsp3) is 0.727. The van der Waals surface area contributed by atoms with Crippen molar-refractivity contribution in [1.82, 2.24) is 0 Å². The van der Waals surface area contributed by atoms with Crippen LogP contribution in [0.2, 0.25) is 19.1 Å². The summed E-state index contributed by atoms with van der Waals surface area (Å²) in [6.45, 7) is 18.3. The van der Waals surface area contributed by atoms with Gasteiger partial charge in [0.05, 0.1) is 8.07 Å². The van der Waals surface area contributed by atoms with E-state index >= 15 is 0 Å². The minimum absolute atomic E-state index is 0.138. The van der Waals surface area contributed by atoms with Crippen molar-refractivity contribution in [1.29, 1.82) is 0 Å². The monoisotopic (exact) mass is 706 g/mol. The topological polar surface area (TPSA) is 72.8 Å². The van der Waals surface area contributed by atoms with Crippen LogP contribution in [0, 0.1) is 29.6 Å². The van der Waals surface area contributed by atoms with Gasteiger partial charge in [-0.25, -0.2) is 9.59 Å². The van der Waals surface area contributed by atoms with Crippen molar-refractivity contribution in [3.8, 4) is 0 Å². The van der Waals surface area contributed by atoms with E-state index in [1.807, 2.05) is 0 Å². The Morgan fingerprint density at radius 3 is 1.58 bits per heavy atom. The molecule has 1 aromatic rings. The van der Waals surface area contributed by atoms with E-state index in [-0.39, 0.29) is 19.8 Å². The second kappa shape index (κ2) is 19.6. The molecule has 4 rings (SSSR count). The summed E-state index contributed by atoms with van der Waals surface area (Å²) in [4.78, 5) is 25.1. The number of aliphatic hydroxyl groups excluding tert-OH is 1. The van der Waals surface area contributed by atoms with E-state index in [0.717, 1.165) is 46.8 Å². The minimum Gasteiger partial charge on any atom is -0.457 e. The quantitative estimate of drug-likeness (QED) is 0.0755. The van der Waals surface area contributed by atoms with E-state index in [1.165, 1.54) is 113 Å². The lowest BCUT2D eigenvalue weighted by Crippen LogP contribution is -2.46. The highest BCUT2D eigenvalue weighted by molar-refractivity contribution is 6.90. The van der Waals surface area contributed by atoms with Crippen LogP contribution in [0.3, 0.4) is 0 Å². The maximum Gasteiger partial charge on any atom is 0.333 e. The van der Waals surface area contributed by atoms with Gasteiger partial charge in [-0.15, -0.1) is 0 Å². The zero-order valence-electron chi connectivity index (χ0n) is 32.5. The lowest BCUT2D eigenvalue weighted by Gasteiger charge is -2.41. The van der Waals surface area contributed by atoms with E-state index < -0.39 is 20.0 Å². The number of benzene rings is 1. The van der Waals surface area contributed by atoms with E-state index in [1.54, 1.807) is 13.8 Å². The smallest absolute Gasteiger partial charge is 0.333 e. The second-order valence-electron chi connectivity index (χ2n) is 17.2. The number of ether oxygens (including phenoxy) is 2. The molecule has 0 aliphatic heterocycles. The molecule has 0 spiro atoms. The third-order valence-electron chi connectivity index (χ3n) is 12.9. The molecule has 3 aliphatic rings. The van der Waals surface area contributed by atoms with Gasteiger partial charge in [0, 0.05) is 17.8 Å². The van der Waals surface area contributed by atoms with Crippen LogP contribution < -0.4 is 5.19 Å². The van der Waals surface area contributed by atoms with Crippen LogP contribution in [-0.2, 0) is 32.3 Å². The number of rotatable bonds is 17. The van der Waals surface area contributed by atoms with E-state index in [0.29, 0.717) is 23.5 Å². The van der Waals surface area contributed by atoms with Gasteiger partial charge in [-0.1, -0.05) is 89.9 Å². The largest absolute Gasteiger partial charge is 0.457 e. The molecule has 0 saturated heterocycles. The van der Waals surface area contributed by atoms with Crippen molar-refractivity contribution in [2.45, 2.75) is 168 Å². The fourth-order valence-corrected chi connectivity index (χ4v) is 13.3. The average molecular weight is 707 g/mol. The zero-order chi connectivity index (χ0) is 36.3. The summed E-state index contributed by atoms with van der Waals surface area (Å²) in [6, 6.07) is 5.46. The molecule has 280 valence electrons. The number of esters is 2. The van der Waals surface area contributed by atoms with Gasteiger partial charge < -0.3 is 14.6 Å². The number of aliphatic hydroxyl groups is 1. The van der Waals surface area contributed by atoms with Crippen molar-refractivity contribution in [2.24, 2.45) is 29.6 Å². The summed E-state index contributed by atoms with van der Waals surface area (Å²) >= 11 is 0.